The van der Waals surface area contributed by atoms with E-state index in [2.05, 4.69) is 75.4 Å². The molecule has 6 rings (SSSR count). The smallest absolute Gasteiger partial charge is 0.175 e. The van der Waals surface area contributed by atoms with Crippen molar-refractivity contribution < 1.29 is 4.79 Å². The van der Waals surface area contributed by atoms with E-state index in [4.69, 9.17) is 0 Å². The first kappa shape index (κ1) is 16.1. The Hall–Kier alpha value is -2.93. The molecule has 1 heteroatoms. The summed E-state index contributed by atoms with van der Waals surface area (Å²) in [5.74, 6) is 0.453. The van der Waals surface area contributed by atoms with Crippen molar-refractivity contribution in [2.45, 2.75) is 39.0 Å². The minimum Gasteiger partial charge on any atom is -0.293 e. The van der Waals surface area contributed by atoms with Gasteiger partial charge in [-0.2, -0.15) is 0 Å². The Balaban J connectivity index is 1.80. The quantitative estimate of drug-likeness (QED) is 0.486. The van der Waals surface area contributed by atoms with Crippen molar-refractivity contribution in [2.75, 3.05) is 0 Å². The molecule has 0 fully saturated rings. The summed E-state index contributed by atoms with van der Waals surface area (Å²) in [5, 5.41) is 2.53. The second-order valence-electron chi connectivity index (χ2n) is 8.56. The largest absolute Gasteiger partial charge is 0.293 e. The average Bonchev–Trinajstić information content (AvgIpc) is 3.26. The van der Waals surface area contributed by atoms with Gasteiger partial charge in [0.05, 0.1) is 5.92 Å². The van der Waals surface area contributed by atoms with Crippen molar-refractivity contribution in [2.24, 2.45) is 0 Å². The van der Waals surface area contributed by atoms with Gasteiger partial charge in [-0.15, -0.1) is 0 Å². The first-order chi connectivity index (χ1) is 13.6. The molecule has 3 aromatic rings. The molecule has 0 saturated heterocycles. The molecule has 28 heavy (non-hydrogen) atoms. The zero-order chi connectivity index (χ0) is 19.2. The second kappa shape index (κ2) is 5.32. The Labute approximate surface area is 165 Å². The van der Waals surface area contributed by atoms with Gasteiger partial charge >= 0.3 is 0 Å². The minimum absolute atomic E-state index is 0.0847. The van der Waals surface area contributed by atoms with Gasteiger partial charge < -0.3 is 0 Å². The lowest BCUT2D eigenvalue weighted by Gasteiger charge is -2.32. The van der Waals surface area contributed by atoms with E-state index in [1.165, 1.54) is 49.7 Å². The Morgan fingerprint density at radius 2 is 1.61 bits per heavy atom. The Morgan fingerprint density at radius 1 is 0.857 bits per heavy atom. The number of ketones is 1. The van der Waals surface area contributed by atoms with Gasteiger partial charge in [-0.25, -0.2) is 0 Å². The standard InChI is InChI=1S/C27H22O/c1-14-12-15(2)22-26-21(14)16(3)13-20-23(17-8-5-4-6-9-17)18-10-7-11-19(18)25(24(20)26)27(22)28/h4-10,12-13,23,25H,11H2,1-3H3. The number of carbonyl (C=O) groups excluding carboxylic acids is 1. The molecule has 0 N–H and O–H groups in total. The van der Waals surface area contributed by atoms with E-state index in [1.807, 2.05) is 0 Å². The third kappa shape index (κ3) is 1.80. The summed E-state index contributed by atoms with van der Waals surface area (Å²) in [7, 11) is 0. The van der Waals surface area contributed by atoms with Crippen molar-refractivity contribution in [1.29, 1.82) is 0 Å². The van der Waals surface area contributed by atoms with Gasteiger partial charge in [-0.3, -0.25) is 4.79 Å². The third-order valence-electron chi connectivity index (χ3n) is 6.97. The van der Waals surface area contributed by atoms with Crippen molar-refractivity contribution in [3.63, 3.8) is 0 Å². The van der Waals surface area contributed by atoms with Gasteiger partial charge in [0.2, 0.25) is 0 Å². The first-order valence-corrected chi connectivity index (χ1v) is 10.1. The molecule has 0 bridgehead atoms. The van der Waals surface area contributed by atoms with Crippen LogP contribution in [0.1, 0.15) is 62.0 Å². The maximum Gasteiger partial charge on any atom is 0.175 e. The average molecular weight is 362 g/mol. The monoisotopic (exact) mass is 362 g/mol. The van der Waals surface area contributed by atoms with Crippen molar-refractivity contribution in [3.8, 4) is 0 Å². The predicted molar refractivity (Wildman–Crippen MR) is 114 cm³/mol. The maximum absolute atomic E-state index is 13.7. The molecule has 0 amide bonds. The molecule has 0 spiro atoms. The van der Waals surface area contributed by atoms with E-state index in [-0.39, 0.29) is 11.8 Å². The molecule has 0 radical (unpaired) electrons. The molecule has 3 aromatic carbocycles. The van der Waals surface area contributed by atoms with Crippen LogP contribution in [-0.4, -0.2) is 5.78 Å². The molecule has 0 heterocycles. The van der Waals surface area contributed by atoms with Gasteiger partial charge in [0.25, 0.3) is 0 Å². The summed E-state index contributed by atoms with van der Waals surface area (Å²) in [5.41, 5.74) is 11.3. The minimum atomic E-state index is -0.0847. The van der Waals surface area contributed by atoms with Crippen LogP contribution < -0.4 is 0 Å². The van der Waals surface area contributed by atoms with Crippen LogP contribution in [0.4, 0.5) is 0 Å². The van der Waals surface area contributed by atoms with Gasteiger partial charge in [-0.05, 0) is 82.5 Å². The number of Topliss-reactive ketones (excluding diaryl/α,β-unsaturated/α-hetero) is 1. The Morgan fingerprint density at radius 3 is 2.39 bits per heavy atom. The summed E-state index contributed by atoms with van der Waals surface area (Å²) in [6.07, 6.45) is 5.41. The summed E-state index contributed by atoms with van der Waals surface area (Å²) in [4.78, 5) is 13.7. The van der Waals surface area contributed by atoms with Gasteiger partial charge in [0.1, 0.15) is 0 Å². The number of hydrogen-bond acceptors (Lipinski definition) is 1. The molecule has 2 atom stereocenters. The molecule has 3 aliphatic carbocycles. The van der Waals surface area contributed by atoms with Crippen LogP contribution in [0.25, 0.3) is 10.8 Å². The van der Waals surface area contributed by atoms with Crippen LogP contribution in [-0.2, 0) is 0 Å². The SMILES string of the molecule is Cc1cc(C)c2c(C)cc3c4c2c1C(=O)C4C1=C(C=CC1)C3c1ccccc1. The topological polar surface area (TPSA) is 17.1 Å². The highest BCUT2D eigenvalue weighted by Gasteiger charge is 2.45. The molecule has 136 valence electrons. The van der Waals surface area contributed by atoms with Crippen molar-refractivity contribution in [3.05, 3.63) is 105 Å². The van der Waals surface area contributed by atoms with E-state index >= 15 is 0 Å². The zero-order valence-corrected chi connectivity index (χ0v) is 16.5. The van der Waals surface area contributed by atoms with Crippen LogP contribution in [0.15, 0.2) is 65.8 Å². The number of carbonyl (C=O) groups is 1. The van der Waals surface area contributed by atoms with Crippen molar-refractivity contribution >= 4 is 16.6 Å². The van der Waals surface area contributed by atoms with Crippen LogP contribution in [0.5, 0.6) is 0 Å². The number of allylic oxidation sites excluding steroid dienone is 4. The fourth-order valence-corrected chi connectivity index (χ4v) is 6.04. The highest BCUT2D eigenvalue weighted by atomic mass is 16.1. The van der Waals surface area contributed by atoms with E-state index < -0.39 is 0 Å². The van der Waals surface area contributed by atoms with Crippen LogP contribution in [0.3, 0.4) is 0 Å². The van der Waals surface area contributed by atoms with Crippen molar-refractivity contribution in [1.82, 2.24) is 0 Å². The van der Waals surface area contributed by atoms with Crippen LogP contribution in [0, 0.1) is 20.8 Å². The highest BCUT2D eigenvalue weighted by Crippen LogP contribution is 2.57. The predicted octanol–water partition coefficient (Wildman–Crippen LogP) is 6.45. The number of benzene rings is 3. The molecular weight excluding hydrogens is 340 g/mol. The molecule has 0 aliphatic heterocycles. The summed E-state index contributed by atoms with van der Waals surface area (Å²) >= 11 is 0. The van der Waals surface area contributed by atoms with Crippen LogP contribution >= 0.6 is 0 Å². The van der Waals surface area contributed by atoms with Crippen LogP contribution in [0.2, 0.25) is 0 Å². The summed E-state index contributed by atoms with van der Waals surface area (Å²) < 4.78 is 0. The molecule has 0 aromatic heterocycles. The first-order valence-electron chi connectivity index (χ1n) is 10.1. The number of aryl methyl sites for hydroxylation is 3. The summed E-state index contributed by atoms with van der Waals surface area (Å²) in [6.45, 7) is 6.49. The Bertz CT molecular complexity index is 1270. The molecule has 0 saturated carbocycles. The lowest BCUT2D eigenvalue weighted by molar-refractivity contribution is 0.0978. The lowest BCUT2D eigenvalue weighted by atomic mass is 9.70. The maximum atomic E-state index is 13.7. The van der Waals surface area contributed by atoms with E-state index in [0.717, 1.165) is 17.5 Å². The molecular formula is C27H22O. The Kier molecular flexibility index (Phi) is 3.05. The van der Waals surface area contributed by atoms with E-state index in [9.17, 15) is 4.79 Å². The number of rotatable bonds is 1. The van der Waals surface area contributed by atoms with Gasteiger partial charge in [0.15, 0.2) is 5.78 Å². The van der Waals surface area contributed by atoms with Gasteiger partial charge in [-0.1, -0.05) is 54.6 Å². The third-order valence-corrected chi connectivity index (χ3v) is 6.97. The normalized spacial score (nSPS) is 21.8. The highest BCUT2D eigenvalue weighted by molar-refractivity contribution is 6.22. The molecule has 2 unspecified atom stereocenters. The number of hydrogen-bond donors (Lipinski definition) is 0. The lowest BCUT2D eigenvalue weighted by Crippen LogP contribution is -2.20. The second-order valence-corrected chi connectivity index (χ2v) is 8.56. The van der Waals surface area contributed by atoms with Gasteiger partial charge in [0, 0.05) is 11.5 Å². The summed E-state index contributed by atoms with van der Waals surface area (Å²) in [6, 6.07) is 15.3. The fourth-order valence-electron chi connectivity index (χ4n) is 6.04. The molecule has 3 aliphatic rings. The van der Waals surface area contributed by atoms with E-state index in [0.29, 0.717) is 5.78 Å². The zero-order valence-electron chi connectivity index (χ0n) is 16.5. The van der Waals surface area contributed by atoms with E-state index in [1.54, 1.807) is 0 Å². The molecule has 1 nitrogen and oxygen atoms in total. The number of fused-ring (bicyclic) bond motifs is 1. The fraction of sp³-hybridized carbons (Fsp3) is 0.222.